The number of phosphoric ester groups is 1. The van der Waals surface area contributed by atoms with Crippen LogP contribution >= 0.6 is 7.82 Å². The summed E-state index contributed by atoms with van der Waals surface area (Å²) in [6, 6.07) is -0.879. The number of rotatable bonds is 51. The molecule has 0 rings (SSSR count). The standard InChI is InChI=1S/C55H109N2O6P/c1-6-8-10-12-13-14-15-16-17-18-19-20-21-22-23-24-25-26-27-28-29-30-31-32-33-34-35-36-37-38-39-40-41-42-43-45-47-49-55(59)56-53(54(58)48-46-44-11-9-7-2)52-63-64(60,61)62-51-50-57(3,4)5/h18-19,46,48,53-54,58H,6-17,20-45,47,49-52H2,1-5H3,(H-,56,59,60,61)/b19-18-,48-46+. The molecule has 0 aromatic carbocycles. The summed E-state index contributed by atoms with van der Waals surface area (Å²) < 4.78 is 23.0. The van der Waals surface area contributed by atoms with Crippen LogP contribution in [0.1, 0.15) is 271 Å². The van der Waals surface area contributed by atoms with Crippen LogP contribution in [0.3, 0.4) is 0 Å². The molecule has 0 bridgehead atoms. The van der Waals surface area contributed by atoms with Gasteiger partial charge in [0.1, 0.15) is 13.2 Å². The smallest absolute Gasteiger partial charge is 0.268 e. The molecule has 0 aromatic heterocycles. The first-order valence-electron chi connectivity index (χ1n) is 27.7. The molecule has 9 heteroatoms. The van der Waals surface area contributed by atoms with Crippen LogP contribution in [-0.4, -0.2) is 68.5 Å². The lowest BCUT2D eigenvalue weighted by atomic mass is 10.0. The third kappa shape index (κ3) is 48.9. The lowest BCUT2D eigenvalue weighted by Gasteiger charge is -2.29. The molecule has 0 aromatic rings. The lowest BCUT2D eigenvalue weighted by molar-refractivity contribution is -0.870. The van der Waals surface area contributed by atoms with E-state index < -0.39 is 20.0 Å². The number of carbonyl (C=O) groups is 1. The van der Waals surface area contributed by atoms with Crippen LogP contribution in [0.4, 0.5) is 0 Å². The Labute approximate surface area is 398 Å². The van der Waals surface area contributed by atoms with E-state index in [1.165, 1.54) is 205 Å². The monoisotopic (exact) mass is 925 g/mol. The molecule has 64 heavy (non-hydrogen) atoms. The minimum Gasteiger partial charge on any atom is -0.756 e. The number of amides is 1. The SMILES string of the molecule is CCCCC/C=C/C(O)C(COP(=O)([O-])OCC[N+](C)(C)C)NC(=O)CCCCCCCCCCCCCCCCCCCCCCCCCCC/C=C\CCCCCCCCCC. The highest BCUT2D eigenvalue weighted by Crippen LogP contribution is 2.38. The van der Waals surface area contributed by atoms with Crippen molar-refractivity contribution in [3.05, 3.63) is 24.3 Å². The zero-order valence-corrected chi connectivity index (χ0v) is 44.1. The summed E-state index contributed by atoms with van der Waals surface area (Å²) in [6.07, 6.45) is 59.1. The summed E-state index contributed by atoms with van der Waals surface area (Å²) in [5.74, 6) is -0.200. The highest BCUT2D eigenvalue weighted by Gasteiger charge is 2.23. The van der Waals surface area contributed by atoms with E-state index in [4.69, 9.17) is 9.05 Å². The molecule has 0 fully saturated rings. The van der Waals surface area contributed by atoms with E-state index in [-0.39, 0.29) is 19.1 Å². The molecule has 0 aliphatic rings. The summed E-state index contributed by atoms with van der Waals surface area (Å²) in [5.41, 5.74) is 0. The summed E-state index contributed by atoms with van der Waals surface area (Å²) in [7, 11) is 1.27. The van der Waals surface area contributed by atoms with Crippen LogP contribution in [0.5, 0.6) is 0 Å². The highest BCUT2D eigenvalue weighted by molar-refractivity contribution is 7.45. The molecule has 0 radical (unpaired) electrons. The van der Waals surface area contributed by atoms with E-state index in [2.05, 4.69) is 31.3 Å². The van der Waals surface area contributed by atoms with E-state index in [0.717, 1.165) is 44.9 Å². The van der Waals surface area contributed by atoms with Crippen LogP contribution in [-0.2, 0) is 18.4 Å². The number of nitrogens with one attached hydrogen (secondary N) is 1. The molecule has 0 aliphatic heterocycles. The Morgan fingerprint density at radius 1 is 0.531 bits per heavy atom. The predicted octanol–water partition coefficient (Wildman–Crippen LogP) is 15.8. The number of aliphatic hydroxyl groups excluding tert-OH is 1. The van der Waals surface area contributed by atoms with Crippen molar-refractivity contribution < 1.29 is 32.9 Å². The maximum absolute atomic E-state index is 12.8. The number of phosphoric acid groups is 1. The van der Waals surface area contributed by atoms with Gasteiger partial charge in [-0.3, -0.25) is 9.36 Å². The van der Waals surface area contributed by atoms with Crippen molar-refractivity contribution in [2.45, 2.75) is 283 Å². The fourth-order valence-electron chi connectivity index (χ4n) is 8.27. The zero-order valence-electron chi connectivity index (χ0n) is 43.3. The van der Waals surface area contributed by atoms with Crippen molar-refractivity contribution in [2.24, 2.45) is 0 Å². The predicted molar refractivity (Wildman–Crippen MR) is 275 cm³/mol. The van der Waals surface area contributed by atoms with Gasteiger partial charge in [0.25, 0.3) is 7.82 Å². The molecule has 0 aliphatic carbocycles. The van der Waals surface area contributed by atoms with Gasteiger partial charge in [-0.25, -0.2) is 0 Å². The number of nitrogens with zero attached hydrogens (tertiary/aromatic N) is 1. The molecule has 380 valence electrons. The molecule has 0 spiro atoms. The van der Waals surface area contributed by atoms with Crippen molar-refractivity contribution in [2.75, 3.05) is 40.9 Å². The van der Waals surface area contributed by atoms with Crippen LogP contribution in [0.25, 0.3) is 0 Å². The number of aliphatic hydroxyl groups is 1. The van der Waals surface area contributed by atoms with E-state index >= 15 is 0 Å². The van der Waals surface area contributed by atoms with Gasteiger partial charge in [-0.2, -0.15) is 0 Å². The average molecular weight is 925 g/mol. The first-order chi connectivity index (χ1) is 31.0. The second-order valence-electron chi connectivity index (χ2n) is 20.3. The van der Waals surface area contributed by atoms with E-state index in [1.807, 2.05) is 27.2 Å². The molecule has 0 saturated heterocycles. The highest BCUT2D eigenvalue weighted by atomic mass is 31.2. The summed E-state index contributed by atoms with van der Waals surface area (Å²) in [4.78, 5) is 25.1. The maximum atomic E-state index is 12.8. The van der Waals surface area contributed by atoms with E-state index in [0.29, 0.717) is 17.4 Å². The number of carbonyl (C=O) groups excluding carboxylic acids is 1. The molecule has 0 heterocycles. The number of unbranched alkanes of at least 4 members (excludes halogenated alkanes) is 36. The molecule has 3 atom stereocenters. The van der Waals surface area contributed by atoms with E-state index in [9.17, 15) is 19.4 Å². The minimum atomic E-state index is -4.57. The quantitative estimate of drug-likeness (QED) is 0.0272. The van der Waals surface area contributed by atoms with Crippen molar-refractivity contribution >= 4 is 13.7 Å². The van der Waals surface area contributed by atoms with Crippen LogP contribution in [0.15, 0.2) is 24.3 Å². The molecule has 3 unspecified atom stereocenters. The van der Waals surface area contributed by atoms with Gasteiger partial charge in [0.15, 0.2) is 0 Å². The fourth-order valence-corrected chi connectivity index (χ4v) is 8.99. The zero-order chi connectivity index (χ0) is 47.1. The van der Waals surface area contributed by atoms with Gasteiger partial charge in [-0.1, -0.05) is 244 Å². The summed E-state index contributed by atoms with van der Waals surface area (Å²) >= 11 is 0. The summed E-state index contributed by atoms with van der Waals surface area (Å²) in [6.45, 7) is 4.55. The number of likely N-dealkylation sites (N-methyl/N-ethyl adjacent to an activating group) is 1. The Balaban J connectivity index is 3.68. The van der Waals surface area contributed by atoms with Gasteiger partial charge in [-0.15, -0.1) is 0 Å². The third-order valence-electron chi connectivity index (χ3n) is 12.7. The Bertz CT molecular complexity index is 1090. The number of quaternary nitrogens is 1. The second-order valence-corrected chi connectivity index (χ2v) is 21.7. The average Bonchev–Trinajstić information content (AvgIpc) is 3.25. The lowest BCUT2D eigenvalue weighted by Crippen LogP contribution is -2.45. The van der Waals surface area contributed by atoms with Gasteiger partial charge in [0.05, 0.1) is 39.9 Å². The van der Waals surface area contributed by atoms with Gasteiger partial charge in [0.2, 0.25) is 5.91 Å². The maximum Gasteiger partial charge on any atom is 0.268 e. The molecule has 1 amide bonds. The topological polar surface area (TPSA) is 108 Å². The first-order valence-corrected chi connectivity index (χ1v) is 29.2. The molecule has 8 nitrogen and oxygen atoms in total. The van der Waals surface area contributed by atoms with Gasteiger partial charge < -0.3 is 28.8 Å². The largest absolute Gasteiger partial charge is 0.756 e. The van der Waals surface area contributed by atoms with Crippen molar-refractivity contribution in [1.29, 1.82) is 0 Å². The molecular weight excluding hydrogens is 816 g/mol. The van der Waals surface area contributed by atoms with Crippen molar-refractivity contribution in [3.63, 3.8) is 0 Å². The normalized spacial score (nSPS) is 14.2. The third-order valence-corrected chi connectivity index (χ3v) is 13.6. The molecular formula is C55H109N2O6P. The van der Waals surface area contributed by atoms with Gasteiger partial charge in [-0.05, 0) is 44.9 Å². The van der Waals surface area contributed by atoms with Crippen molar-refractivity contribution in [3.8, 4) is 0 Å². The Kier molecular flexibility index (Phi) is 46.3. The number of allylic oxidation sites excluding steroid dienone is 3. The second kappa shape index (κ2) is 47.1. The Hall–Kier alpha value is -1.02. The minimum absolute atomic E-state index is 0.000202. The van der Waals surface area contributed by atoms with Crippen LogP contribution in [0.2, 0.25) is 0 Å². The summed E-state index contributed by atoms with van der Waals surface area (Å²) in [5, 5.41) is 13.6. The van der Waals surface area contributed by atoms with Gasteiger partial charge in [0, 0.05) is 6.42 Å². The van der Waals surface area contributed by atoms with Gasteiger partial charge >= 0.3 is 0 Å². The van der Waals surface area contributed by atoms with Crippen LogP contribution < -0.4 is 10.2 Å². The Morgan fingerprint density at radius 2 is 0.859 bits per heavy atom. The van der Waals surface area contributed by atoms with Crippen molar-refractivity contribution in [1.82, 2.24) is 5.32 Å². The number of hydrogen-bond donors (Lipinski definition) is 2. The first kappa shape index (κ1) is 63.0. The van der Waals surface area contributed by atoms with E-state index in [1.54, 1.807) is 6.08 Å². The molecule has 2 N–H and O–H groups in total. The molecule has 0 saturated carbocycles. The van der Waals surface area contributed by atoms with Crippen LogP contribution in [0, 0.1) is 0 Å². The Morgan fingerprint density at radius 3 is 1.25 bits per heavy atom. The number of hydrogen-bond acceptors (Lipinski definition) is 6. The fraction of sp³-hybridized carbons (Fsp3) is 0.909.